The molecule has 60 heavy (non-hydrogen) atoms. The maximum absolute atomic E-state index is 13.9. The number of nitrogens with one attached hydrogen (secondary N) is 3. The number of aromatic amines is 1. The Kier molecular flexibility index (Phi) is 11.9. The average molecular weight is 834 g/mol. The number of hydrogen-bond acceptors (Lipinski definition) is 11. The molecule has 314 valence electrons. The first-order chi connectivity index (χ1) is 28.9. The first-order valence-corrected chi connectivity index (χ1v) is 22.0. The molecule has 3 aromatic carbocycles. The van der Waals surface area contributed by atoms with Crippen LogP contribution >= 0.6 is 0 Å². The molecular weight excluding hydrogens is 783 g/mol. The highest BCUT2D eigenvalue weighted by Gasteiger charge is 2.30. The Hall–Kier alpha value is -5.77. The first kappa shape index (κ1) is 41.0. The van der Waals surface area contributed by atoms with Gasteiger partial charge in [-0.3, -0.25) is 19.8 Å². The van der Waals surface area contributed by atoms with Gasteiger partial charge in [-0.1, -0.05) is 49.8 Å². The number of allylic oxidation sites excluding steroid dienone is 1. The van der Waals surface area contributed by atoms with Crippen LogP contribution in [0.4, 0.5) is 17.1 Å². The fourth-order valence-electron chi connectivity index (χ4n) is 8.39. The fraction of sp³-hybridized carbons (Fsp3) is 0.378. The summed E-state index contributed by atoms with van der Waals surface area (Å²) in [5.74, 6) is -0.168. The summed E-state index contributed by atoms with van der Waals surface area (Å²) < 4.78 is 41.2. The SMILES string of the molecule is CC1(C)CCC(CN2CCN(c3ccc(C(=O)NS(=O)(=O)c4ccc(NCC5CCOCC5)c([N+](=O)[O-])c4)c(Oc4cnc5[nH]ccc5c4)c3)CC2)=C(c2ccccc2)C1. The average Bonchev–Trinajstić information content (AvgIpc) is 3.72. The normalized spacial score (nSPS) is 17.7. The molecule has 3 aliphatic rings. The zero-order valence-corrected chi connectivity index (χ0v) is 34.8. The number of rotatable bonds is 13. The van der Waals surface area contributed by atoms with Gasteiger partial charge in [0.1, 0.15) is 22.8 Å². The zero-order chi connectivity index (χ0) is 41.9. The van der Waals surface area contributed by atoms with E-state index in [2.05, 4.69) is 74.0 Å². The second kappa shape index (κ2) is 17.4. The van der Waals surface area contributed by atoms with Crippen LogP contribution in [0, 0.1) is 21.4 Å². The van der Waals surface area contributed by atoms with Gasteiger partial charge in [-0.15, -0.1) is 0 Å². The maximum atomic E-state index is 13.9. The van der Waals surface area contributed by atoms with Crippen LogP contribution in [0.2, 0.25) is 0 Å². The highest BCUT2D eigenvalue weighted by molar-refractivity contribution is 7.90. The molecule has 0 unspecified atom stereocenters. The Labute approximate surface area is 350 Å². The van der Waals surface area contributed by atoms with Gasteiger partial charge in [0.25, 0.3) is 21.6 Å². The third-order valence-electron chi connectivity index (χ3n) is 11.9. The van der Waals surface area contributed by atoms with Crippen LogP contribution in [0.5, 0.6) is 11.5 Å². The highest BCUT2D eigenvalue weighted by Crippen LogP contribution is 2.43. The van der Waals surface area contributed by atoms with E-state index in [0.29, 0.717) is 31.2 Å². The summed E-state index contributed by atoms with van der Waals surface area (Å²) in [6.07, 6.45) is 8.25. The molecule has 2 aliphatic heterocycles. The Bertz CT molecular complexity index is 2510. The molecule has 15 heteroatoms. The Morgan fingerprint density at radius 1 is 1.02 bits per heavy atom. The number of anilines is 2. The molecule has 14 nitrogen and oxygen atoms in total. The van der Waals surface area contributed by atoms with Gasteiger partial charge < -0.3 is 24.7 Å². The molecule has 2 fully saturated rings. The number of H-pyrrole nitrogens is 1. The summed E-state index contributed by atoms with van der Waals surface area (Å²) in [4.78, 5) is 37.1. The molecule has 0 spiro atoms. The molecule has 5 aromatic rings. The van der Waals surface area contributed by atoms with E-state index >= 15 is 0 Å². The number of aromatic nitrogens is 2. The fourth-order valence-corrected chi connectivity index (χ4v) is 9.37. The minimum absolute atomic E-state index is 0.0278. The second-order valence-corrected chi connectivity index (χ2v) is 18.4. The molecule has 0 saturated carbocycles. The molecule has 3 N–H and O–H groups in total. The smallest absolute Gasteiger partial charge is 0.293 e. The van der Waals surface area contributed by atoms with Crippen molar-refractivity contribution in [1.29, 1.82) is 0 Å². The number of benzene rings is 3. The number of nitro groups is 1. The molecule has 4 heterocycles. The van der Waals surface area contributed by atoms with E-state index in [4.69, 9.17) is 9.47 Å². The minimum atomic E-state index is -4.54. The van der Waals surface area contributed by atoms with Gasteiger partial charge in [-0.05, 0) is 91.0 Å². The molecular formula is C45H51N7O7S. The number of carbonyl (C=O) groups is 1. The quantitative estimate of drug-likeness (QED) is 0.0775. The van der Waals surface area contributed by atoms with Crippen LogP contribution in [-0.2, 0) is 14.8 Å². The van der Waals surface area contributed by atoms with Gasteiger partial charge in [-0.2, -0.15) is 0 Å². The van der Waals surface area contributed by atoms with E-state index in [9.17, 15) is 23.3 Å². The van der Waals surface area contributed by atoms with Crippen LogP contribution in [-0.4, -0.2) is 86.6 Å². The van der Waals surface area contributed by atoms with E-state index in [0.717, 1.165) is 82.0 Å². The third-order valence-corrected chi connectivity index (χ3v) is 13.2. The lowest BCUT2D eigenvalue weighted by atomic mass is 9.72. The molecule has 0 atom stereocenters. The van der Waals surface area contributed by atoms with Crippen molar-refractivity contribution in [2.24, 2.45) is 11.3 Å². The van der Waals surface area contributed by atoms with Crippen molar-refractivity contribution in [3.8, 4) is 11.5 Å². The van der Waals surface area contributed by atoms with Crippen LogP contribution in [0.3, 0.4) is 0 Å². The number of nitrogens with zero attached hydrogens (tertiary/aromatic N) is 4. The summed E-state index contributed by atoms with van der Waals surface area (Å²) in [7, 11) is -4.54. The summed E-state index contributed by atoms with van der Waals surface area (Å²) in [6, 6.07) is 23.0. The zero-order valence-electron chi connectivity index (χ0n) is 34.0. The van der Waals surface area contributed by atoms with Crippen LogP contribution < -0.4 is 19.7 Å². The lowest BCUT2D eigenvalue weighted by Gasteiger charge is -2.39. The highest BCUT2D eigenvalue weighted by atomic mass is 32.2. The molecule has 2 aromatic heterocycles. The molecule has 1 amide bonds. The maximum Gasteiger partial charge on any atom is 0.293 e. The van der Waals surface area contributed by atoms with Crippen molar-refractivity contribution in [3.05, 3.63) is 118 Å². The predicted octanol–water partition coefficient (Wildman–Crippen LogP) is 8.01. The van der Waals surface area contributed by atoms with Gasteiger partial charge in [0, 0.05) is 81.9 Å². The number of nitro benzene ring substituents is 1. The second-order valence-electron chi connectivity index (χ2n) is 16.7. The van der Waals surface area contributed by atoms with Gasteiger partial charge >= 0.3 is 0 Å². The Morgan fingerprint density at radius 3 is 2.57 bits per heavy atom. The van der Waals surface area contributed by atoms with Crippen molar-refractivity contribution in [2.75, 3.05) is 62.7 Å². The van der Waals surface area contributed by atoms with Gasteiger partial charge in [0.2, 0.25) is 0 Å². The van der Waals surface area contributed by atoms with E-state index in [1.165, 1.54) is 35.0 Å². The molecule has 8 rings (SSSR count). The molecule has 2 saturated heterocycles. The molecule has 0 bridgehead atoms. The van der Waals surface area contributed by atoms with E-state index in [1.807, 2.05) is 6.07 Å². The van der Waals surface area contributed by atoms with Crippen molar-refractivity contribution < 1.29 is 27.6 Å². The van der Waals surface area contributed by atoms with Gasteiger partial charge in [-0.25, -0.2) is 18.1 Å². The minimum Gasteiger partial charge on any atom is -0.455 e. The van der Waals surface area contributed by atoms with E-state index in [1.54, 1.807) is 30.5 Å². The summed E-state index contributed by atoms with van der Waals surface area (Å²) >= 11 is 0. The number of ether oxygens (including phenoxy) is 2. The summed E-state index contributed by atoms with van der Waals surface area (Å²) in [5.41, 5.74) is 5.80. The van der Waals surface area contributed by atoms with Crippen LogP contribution in [0.15, 0.2) is 102 Å². The van der Waals surface area contributed by atoms with Crippen molar-refractivity contribution in [3.63, 3.8) is 0 Å². The van der Waals surface area contributed by atoms with Crippen LogP contribution in [0.25, 0.3) is 16.6 Å². The number of hydrogen-bond donors (Lipinski definition) is 3. The standard InChI is InChI=1S/C45H51N7O7S/c1-45(2)16-12-34(39(27-45)32-6-4-3-5-7-32)30-50-18-20-51(21-19-50)35-8-10-38(42(25-35)59-36-24-33-13-17-46-43(33)48-29-36)44(53)49-60(56,57)37-9-11-40(41(26-37)52(54)55)47-28-31-14-22-58-23-15-31/h3-11,13,17,24-26,29,31,47H,12,14-16,18-23,27-28,30H2,1-2H3,(H,46,48)(H,49,53). The van der Waals surface area contributed by atoms with Gasteiger partial charge in [0.15, 0.2) is 0 Å². The lowest BCUT2D eigenvalue weighted by Crippen LogP contribution is -2.47. The lowest BCUT2D eigenvalue weighted by molar-refractivity contribution is -0.384. The monoisotopic (exact) mass is 833 g/mol. The summed E-state index contributed by atoms with van der Waals surface area (Å²) in [6.45, 7) is 10.5. The number of pyridine rings is 1. The third kappa shape index (κ3) is 9.48. The number of fused-ring (bicyclic) bond motifs is 1. The predicted molar refractivity (Wildman–Crippen MR) is 232 cm³/mol. The summed E-state index contributed by atoms with van der Waals surface area (Å²) in [5, 5.41) is 16.0. The number of amides is 1. The van der Waals surface area contributed by atoms with E-state index < -0.39 is 31.4 Å². The van der Waals surface area contributed by atoms with Crippen molar-refractivity contribution in [1.82, 2.24) is 19.6 Å². The number of piperazine rings is 1. The number of sulfonamides is 1. The first-order valence-electron chi connectivity index (χ1n) is 20.6. The molecule has 1 aliphatic carbocycles. The van der Waals surface area contributed by atoms with Crippen LogP contribution in [0.1, 0.15) is 61.9 Å². The van der Waals surface area contributed by atoms with Gasteiger partial charge in [0.05, 0.1) is 21.6 Å². The van der Waals surface area contributed by atoms with E-state index in [-0.39, 0.29) is 28.3 Å². The Balaban J connectivity index is 1.00. The number of carbonyl (C=O) groups excluding carboxylic acids is 1. The van der Waals surface area contributed by atoms with Crippen molar-refractivity contribution >= 4 is 49.6 Å². The Morgan fingerprint density at radius 2 is 1.80 bits per heavy atom. The topological polar surface area (TPSA) is 172 Å². The molecule has 0 radical (unpaired) electrons. The van der Waals surface area contributed by atoms with Crippen molar-refractivity contribution in [2.45, 2.75) is 50.8 Å². The largest absolute Gasteiger partial charge is 0.455 e.